The molecular weight excluding hydrogens is 270 g/mol. The van der Waals surface area contributed by atoms with E-state index >= 15 is 0 Å². The van der Waals surface area contributed by atoms with Crippen molar-refractivity contribution in [3.05, 3.63) is 48.0 Å². The molecule has 0 saturated heterocycles. The van der Waals surface area contributed by atoms with Gasteiger partial charge in [-0.05, 0) is 42.2 Å². The fourth-order valence-corrected chi connectivity index (χ4v) is 4.27. The Morgan fingerprint density at radius 1 is 1.10 bits per heavy atom. The van der Waals surface area contributed by atoms with E-state index < -0.39 is 10.0 Å². The van der Waals surface area contributed by atoms with Crippen LogP contribution in [0.15, 0.2) is 42.5 Å². The monoisotopic (exact) mass is 289 g/mol. The number of rotatable bonds is 4. The molecule has 3 rings (SSSR count). The molecule has 0 N–H and O–H groups in total. The highest BCUT2D eigenvalue weighted by atomic mass is 32.2. The molecular formula is C16H19NO2S. The summed E-state index contributed by atoms with van der Waals surface area (Å²) in [4.78, 5) is 0. The third-order valence-electron chi connectivity index (χ3n) is 3.93. The molecule has 1 fully saturated rings. The number of nitrogens with zero attached hydrogens (tertiary/aromatic N) is 1. The van der Waals surface area contributed by atoms with E-state index in [-0.39, 0.29) is 12.1 Å². The molecule has 0 radical (unpaired) electrons. The predicted molar refractivity (Wildman–Crippen MR) is 82.1 cm³/mol. The van der Waals surface area contributed by atoms with Crippen molar-refractivity contribution in [2.24, 2.45) is 0 Å². The lowest BCUT2D eigenvalue weighted by Crippen LogP contribution is -2.34. The lowest BCUT2D eigenvalue weighted by atomic mass is 10.0. The van der Waals surface area contributed by atoms with Crippen LogP contribution in [0, 0.1) is 0 Å². The summed E-state index contributed by atoms with van der Waals surface area (Å²) in [6.45, 7) is 1.98. The third kappa shape index (κ3) is 2.58. The van der Waals surface area contributed by atoms with Crippen molar-refractivity contribution in [3.63, 3.8) is 0 Å². The molecule has 0 amide bonds. The van der Waals surface area contributed by atoms with Crippen LogP contribution >= 0.6 is 0 Å². The minimum absolute atomic E-state index is 0.109. The van der Waals surface area contributed by atoms with Crippen molar-refractivity contribution < 1.29 is 8.42 Å². The van der Waals surface area contributed by atoms with Gasteiger partial charge in [0, 0.05) is 12.1 Å². The van der Waals surface area contributed by atoms with Crippen molar-refractivity contribution in [1.29, 1.82) is 0 Å². The van der Waals surface area contributed by atoms with Gasteiger partial charge in [0.2, 0.25) is 10.0 Å². The van der Waals surface area contributed by atoms with E-state index in [0.717, 1.165) is 23.8 Å². The number of hydrogen-bond acceptors (Lipinski definition) is 2. The Kier molecular flexibility index (Phi) is 3.30. The molecule has 1 aliphatic carbocycles. The van der Waals surface area contributed by atoms with Gasteiger partial charge in [-0.2, -0.15) is 4.31 Å². The van der Waals surface area contributed by atoms with Gasteiger partial charge < -0.3 is 0 Å². The zero-order valence-electron chi connectivity index (χ0n) is 11.8. The Hall–Kier alpha value is -1.39. The van der Waals surface area contributed by atoms with E-state index in [0.29, 0.717) is 0 Å². The molecule has 3 nitrogen and oxygen atoms in total. The highest BCUT2D eigenvalue weighted by Gasteiger charge is 2.38. The summed E-state index contributed by atoms with van der Waals surface area (Å²) >= 11 is 0. The van der Waals surface area contributed by atoms with Gasteiger partial charge in [-0.25, -0.2) is 8.42 Å². The van der Waals surface area contributed by atoms with Crippen LogP contribution in [0.25, 0.3) is 10.8 Å². The molecule has 0 bridgehead atoms. The summed E-state index contributed by atoms with van der Waals surface area (Å²) in [5, 5.41) is 2.34. The van der Waals surface area contributed by atoms with Crippen LogP contribution in [0.5, 0.6) is 0 Å². The molecule has 1 unspecified atom stereocenters. The van der Waals surface area contributed by atoms with Crippen LogP contribution < -0.4 is 0 Å². The fourth-order valence-electron chi connectivity index (χ4n) is 2.82. The SMILES string of the molecule is CC(c1ccc2ccccc2c1)N(C1CC1)S(C)(=O)=O. The molecule has 0 aliphatic heterocycles. The Labute approximate surface area is 120 Å². The van der Waals surface area contributed by atoms with Gasteiger partial charge in [0.05, 0.1) is 6.26 Å². The summed E-state index contributed by atoms with van der Waals surface area (Å²) in [5.41, 5.74) is 1.06. The molecule has 1 aliphatic rings. The summed E-state index contributed by atoms with van der Waals surface area (Å²) in [5.74, 6) is 0. The summed E-state index contributed by atoms with van der Waals surface area (Å²) in [6, 6.07) is 14.4. The Morgan fingerprint density at radius 3 is 2.35 bits per heavy atom. The molecule has 2 aromatic carbocycles. The molecule has 106 valence electrons. The third-order valence-corrected chi connectivity index (χ3v) is 5.31. The van der Waals surface area contributed by atoms with Crippen LogP contribution in [0.1, 0.15) is 31.4 Å². The summed E-state index contributed by atoms with van der Waals surface area (Å²) < 4.78 is 25.7. The molecule has 0 heterocycles. The fraction of sp³-hybridized carbons (Fsp3) is 0.375. The van der Waals surface area contributed by atoms with Gasteiger partial charge >= 0.3 is 0 Å². The maximum absolute atomic E-state index is 12.0. The van der Waals surface area contributed by atoms with Gasteiger partial charge in [-0.15, -0.1) is 0 Å². The van der Waals surface area contributed by atoms with Crippen molar-refractivity contribution in [3.8, 4) is 0 Å². The predicted octanol–water partition coefficient (Wildman–Crippen LogP) is 3.32. The van der Waals surface area contributed by atoms with Crippen LogP contribution in [0.4, 0.5) is 0 Å². The molecule has 20 heavy (non-hydrogen) atoms. The van der Waals surface area contributed by atoms with E-state index in [2.05, 4.69) is 24.3 Å². The Morgan fingerprint density at radius 2 is 1.75 bits per heavy atom. The zero-order chi connectivity index (χ0) is 14.3. The average Bonchev–Trinajstić information content (AvgIpc) is 3.21. The molecule has 0 spiro atoms. The second kappa shape index (κ2) is 4.86. The lowest BCUT2D eigenvalue weighted by Gasteiger charge is -2.27. The van der Waals surface area contributed by atoms with Crippen molar-refractivity contribution in [2.75, 3.05) is 6.26 Å². The normalized spacial score (nSPS) is 17.6. The number of sulfonamides is 1. The van der Waals surface area contributed by atoms with Crippen molar-refractivity contribution >= 4 is 20.8 Å². The first-order chi connectivity index (χ1) is 9.47. The molecule has 1 atom stereocenters. The molecule has 0 aromatic heterocycles. The van der Waals surface area contributed by atoms with Gasteiger partial charge in [-0.3, -0.25) is 0 Å². The molecule has 4 heteroatoms. The first-order valence-electron chi connectivity index (χ1n) is 6.94. The Balaban J connectivity index is 2.00. The van der Waals surface area contributed by atoms with Crippen molar-refractivity contribution in [2.45, 2.75) is 31.8 Å². The maximum Gasteiger partial charge on any atom is 0.212 e. The van der Waals surface area contributed by atoms with Crippen LogP contribution in [-0.2, 0) is 10.0 Å². The summed E-state index contributed by atoms with van der Waals surface area (Å²) in [6.07, 6.45) is 3.26. The van der Waals surface area contributed by atoms with Gasteiger partial charge in [-0.1, -0.05) is 36.4 Å². The standard InChI is InChI=1S/C16H19NO2S/c1-12(17(16-9-10-16)20(2,18)19)14-8-7-13-5-3-4-6-15(13)11-14/h3-8,11-12,16H,9-10H2,1-2H3. The second-order valence-electron chi connectivity index (χ2n) is 5.61. The van der Waals surface area contributed by atoms with E-state index in [1.54, 1.807) is 4.31 Å². The van der Waals surface area contributed by atoms with Crippen LogP contribution in [0.2, 0.25) is 0 Å². The quantitative estimate of drug-likeness (QED) is 0.866. The van der Waals surface area contributed by atoms with E-state index in [1.807, 2.05) is 25.1 Å². The molecule has 1 saturated carbocycles. The lowest BCUT2D eigenvalue weighted by molar-refractivity contribution is 0.337. The maximum atomic E-state index is 12.0. The first-order valence-corrected chi connectivity index (χ1v) is 8.79. The number of hydrogen-bond donors (Lipinski definition) is 0. The number of fused-ring (bicyclic) bond motifs is 1. The van der Waals surface area contributed by atoms with E-state index in [9.17, 15) is 8.42 Å². The highest BCUT2D eigenvalue weighted by Crippen LogP contribution is 2.36. The van der Waals surface area contributed by atoms with E-state index in [4.69, 9.17) is 0 Å². The van der Waals surface area contributed by atoms with Gasteiger partial charge in [0.15, 0.2) is 0 Å². The van der Waals surface area contributed by atoms with Gasteiger partial charge in [0.25, 0.3) is 0 Å². The van der Waals surface area contributed by atoms with E-state index in [1.165, 1.54) is 11.6 Å². The smallest absolute Gasteiger partial charge is 0.212 e. The highest BCUT2D eigenvalue weighted by molar-refractivity contribution is 7.88. The Bertz CT molecular complexity index is 735. The second-order valence-corrected chi connectivity index (χ2v) is 7.49. The molecule has 2 aromatic rings. The average molecular weight is 289 g/mol. The largest absolute Gasteiger partial charge is 0.212 e. The number of benzene rings is 2. The minimum Gasteiger partial charge on any atom is -0.212 e. The van der Waals surface area contributed by atoms with Crippen LogP contribution in [-0.4, -0.2) is 25.0 Å². The van der Waals surface area contributed by atoms with Gasteiger partial charge in [0.1, 0.15) is 0 Å². The topological polar surface area (TPSA) is 37.4 Å². The first kappa shape index (κ1) is 13.6. The minimum atomic E-state index is -3.17. The van der Waals surface area contributed by atoms with Crippen LogP contribution in [0.3, 0.4) is 0 Å². The summed E-state index contributed by atoms with van der Waals surface area (Å²) in [7, 11) is -3.17. The van der Waals surface area contributed by atoms with Crippen molar-refractivity contribution in [1.82, 2.24) is 4.31 Å². The zero-order valence-corrected chi connectivity index (χ0v) is 12.6.